The van der Waals surface area contributed by atoms with E-state index in [4.69, 9.17) is 4.74 Å². The second kappa shape index (κ2) is 8.44. The van der Waals surface area contributed by atoms with Crippen LogP contribution in [0.2, 0.25) is 0 Å². The molecule has 1 amide bonds. The summed E-state index contributed by atoms with van der Waals surface area (Å²) in [4.78, 5) is 12.5. The lowest BCUT2D eigenvalue weighted by Crippen LogP contribution is -2.35. The fraction of sp³-hybridized carbons (Fsp3) is 0.316. The highest BCUT2D eigenvalue weighted by Crippen LogP contribution is 2.18. The lowest BCUT2D eigenvalue weighted by atomic mass is 10.1. The van der Waals surface area contributed by atoms with Gasteiger partial charge in [0.25, 0.3) is 5.91 Å². The molecule has 0 spiro atoms. The van der Waals surface area contributed by atoms with Crippen molar-refractivity contribution < 1.29 is 17.9 Å². The maximum Gasteiger partial charge on any atom is 0.255 e. The molecule has 1 atom stereocenters. The Balaban J connectivity index is 2.12. The number of anilines is 1. The van der Waals surface area contributed by atoms with Gasteiger partial charge in [-0.15, -0.1) is 0 Å². The van der Waals surface area contributed by atoms with Crippen molar-refractivity contribution in [2.75, 3.05) is 19.0 Å². The molecular formula is C19H24N2O4S. The van der Waals surface area contributed by atoms with Crippen molar-refractivity contribution in [1.82, 2.24) is 4.72 Å². The van der Waals surface area contributed by atoms with Crippen molar-refractivity contribution in [3.05, 3.63) is 59.2 Å². The maximum atomic E-state index is 12.4. The average Bonchev–Trinajstić information content (AvgIpc) is 2.57. The lowest BCUT2D eigenvalue weighted by Gasteiger charge is -2.13. The largest absolute Gasteiger partial charge is 0.383 e. The molecule has 6 nitrogen and oxygen atoms in total. The molecule has 0 unspecified atom stereocenters. The first kappa shape index (κ1) is 20.1. The molecule has 0 aliphatic carbocycles. The molecule has 0 aliphatic rings. The van der Waals surface area contributed by atoms with Crippen LogP contribution < -0.4 is 10.0 Å². The van der Waals surface area contributed by atoms with Gasteiger partial charge in [0, 0.05) is 24.4 Å². The number of hydrogen-bond donors (Lipinski definition) is 2. The first-order valence-electron chi connectivity index (χ1n) is 8.23. The molecule has 0 heterocycles. The topological polar surface area (TPSA) is 84.5 Å². The summed E-state index contributed by atoms with van der Waals surface area (Å²) in [7, 11) is -2.15. The first-order chi connectivity index (χ1) is 12.2. The highest BCUT2D eigenvalue weighted by atomic mass is 32.2. The number of carbonyl (C=O) groups is 1. The fourth-order valence-corrected chi connectivity index (χ4v) is 3.78. The third-order valence-electron chi connectivity index (χ3n) is 3.83. The smallest absolute Gasteiger partial charge is 0.255 e. The second-order valence-corrected chi connectivity index (χ2v) is 7.99. The van der Waals surface area contributed by atoms with Crippen molar-refractivity contribution >= 4 is 21.6 Å². The van der Waals surface area contributed by atoms with Crippen LogP contribution in [-0.2, 0) is 14.8 Å². The SMILES string of the molecule is COC[C@@H](C)NS(=O)(=O)c1ccc(C(=O)Nc2ccc(C)cc2C)cc1. The van der Waals surface area contributed by atoms with Gasteiger partial charge in [-0.2, -0.15) is 0 Å². The van der Waals surface area contributed by atoms with Crippen LogP contribution in [-0.4, -0.2) is 34.1 Å². The summed E-state index contributed by atoms with van der Waals surface area (Å²) in [5.41, 5.74) is 3.19. The number of benzene rings is 2. The van der Waals surface area contributed by atoms with Gasteiger partial charge in [0.2, 0.25) is 10.0 Å². The van der Waals surface area contributed by atoms with E-state index in [1.165, 1.54) is 31.4 Å². The van der Waals surface area contributed by atoms with E-state index in [2.05, 4.69) is 10.0 Å². The first-order valence-corrected chi connectivity index (χ1v) is 9.71. The van der Waals surface area contributed by atoms with Gasteiger partial charge >= 0.3 is 0 Å². The summed E-state index contributed by atoms with van der Waals surface area (Å²) < 4.78 is 32.0. The zero-order chi connectivity index (χ0) is 19.3. The van der Waals surface area contributed by atoms with Crippen LogP contribution in [0.3, 0.4) is 0 Å². The van der Waals surface area contributed by atoms with Crippen LogP contribution in [0.15, 0.2) is 47.4 Å². The molecule has 2 N–H and O–H groups in total. The summed E-state index contributed by atoms with van der Waals surface area (Å²) in [6, 6.07) is 11.2. The molecule has 0 aliphatic heterocycles. The summed E-state index contributed by atoms with van der Waals surface area (Å²) in [5.74, 6) is -0.290. The van der Waals surface area contributed by atoms with Crippen molar-refractivity contribution in [1.29, 1.82) is 0 Å². The third kappa shape index (κ3) is 5.14. The molecule has 0 saturated carbocycles. The molecule has 2 aromatic rings. The number of amides is 1. The van der Waals surface area contributed by atoms with Crippen LogP contribution >= 0.6 is 0 Å². The van der Waals surface area contributed by atoms with Crippen LogP contribution in [0.5, 0.6) is 0 Å². The Kier molecular flexibility index (Phi) is 6.52. The van der Waals surface area contributed by atoms with Gasteiger partial charge in [0.05, 0.1) is 11.5 Å². The summed E-state index contributed by atoms with van der Waals surface area (Å²) >= 11 is 0. The Morgan fingerprint density at radius 1 is 1.12 bits per heavy atom. The normalized spacial score (nSPS) is 12.6. The van der Waals surface area contributed by atoms with Crippen LogP contribution in [0.1, 0.15) is 28.4 Å². The number of sulfonamides is 1. The Bertz CT molecular complexity index is 877. The van der Waals surface area contributed by atoms with Gasteiger partial charge in [-0.1, -0.05) is 17.7 Å². The quantitative estimate of drug-likeness (QED) is 0.778. The molecule has 26 heavy (non-hydrogen) atoms. The molecule has 2 rings (SSSR count). The number of nitrogens with one attached hydrogen (secondary N) is 2. The Morgan fingerprint density at radius 2 is 1.77 bits per heavy atom. The van der Waals surface area contributed by atoms with Crippen molar-refractivity contribution in [3.63, 3.8) is 0 Å². The van der Waals surface area contributed by atoms with Crippen molar-refractivity contribution in [3.8, 4) is 0 Å². The minimum Gasteiger partial charge on any atom is -0.383 e. The van der Waals surface area contributed by atoms with Crippen LogP contribution in [0.4, 0.5) is 5.69 Å². The molecule has 0 fully saturated rings. The van der Waals surface area contributed by atoms with Gasteiger partial charge in [0.15, 0.2) is 0 Å². The van der Waals surface area contributed by atoms with E-state index in [1.807, 2.05) is 32.0 Å². The summed E-state index contributed by atoms with van der Waals surface area (Å²) in [6.45, 7) is 5.90. The third-order valence-corrected chi connectivity index (χ3v) is 5.44. The number of rotatable bonds is 7. The fourth-order valence-electron chi connectivity index (χ4n) is 2.55. The highest BCUT2D eigenvalue weighted by Gasteiger charge is 2.18. The van der Waals surface area contributed by atoms with Gasteiger partial charge in [-0.05, 0) is 56.7 Å². The van der Waals surface area contributed by atoms with Crippen molar-refractivity contribution in [2.24, 2.45) is 0 Å². The monoisotopic (exact) mass is 376 g/mol. The predicted molar refractivity (Wildman–Crippen MR) is 102 cm³/mol. The van der Waals surface area contributed by atoms with E-state index in [1.54, 1.807) is 6.92 Å². The Labute approximate surface area is 154 Å². The molecule has 2 aromatic carbocycles. The van der Waals surface area contributed by atoms with E-state index >= 15 is 0 Å². The van der Waals surface area contributed by atoms with Gasteiger partial charge in [0.1, 0.15) is 0 Å². The molecule has 140 valence electrons. The standard InChI is InChI=1S/C19H24N2O4S/c1-13-5-10-18(14(2)11-13)20-19(22)16-6-8-17(9-7-16)26(23,24)21-15(3)12-25-4/h5-11,15,21H,12H2,1-4H3,(H,20,22)/t15-/m1/s1. The highest BCUT2D eigenvalue weighted by molar-refractivity contribution is 7.89. The molecule has 7 heteroatoms. The number of aryl methyl sites for hydroxylation is 2. The van der Waals surface area contributed by atoms with E-state index in [-0.39, 0.29) is 23.5 Å². The van der Waals surface area contributed by atoms with E-state index < -0.39 is 10.0 Å². The summed E-state index contributed by atoms with van der Waals surface area (Å²) in [5, 5.41) is 2.84. The molecule has 0 saturated heterocycles. The Morgan fingerprint density at radius 3 is 2.35 bits per heavy atom. The maximum absolute atomic E-state index is 12.4. The number of hydrogen-bond acceptors (Lipinski definition) is 4. The van der Waals surface area contributed by atoms with Gasteiger partial charge in [-0.25, -0.2) is 13.1 Å². The predicted octanol–water partition coefficient (Wildman–Crippen LogP) is 2.87. The second-order valence-electron chi connectivity index (χ2n) is 6.27. The summed E-state index contributed by atoms with van der Waals surface area (Å²) in [6.07, 6.45) is 0. The average molecular weight is 376 g/mol. The molecule has 0 bridgehead atoms. The van der Waals surface area contributed by atoms with Crippen LogP contribution in [0, 0.1) is 13.8 Å². The zero-order valence-corrected chi connectivity index (χ0v) is 16.2. The van der Waals surface area contributed by atoms with E-state index in [9.17, 15) is 13.2 Å². The molecule has 0 aromatic heterocycles. The van der Waals surface area contributed by atoms with Crippen LogP contribution in [0.25, 0.3) is 0 Å². The van der Waals surface area contributed by atoms with Gasteiger partial charge in [-0.3, -0.25) is 4.79 Å². The van der Waals surface area contributed by atoms with Crippen molar-refractivity contribution in [2.45, 2.75) is 31.7 Å². The number of methoxy groups -OCH3 is 1. The lowest BCUT2D eigenvalue weighted by molar-refractivity contribution is 0.102. The molecule has 0 radical (unpaired) electrons. The number of ether oxygens (including phenoxy) is 1. The Hall–Kier alpha value is -2.22. The zero-order valence-electron chi connectivity index (χ0n) is 15.4. The minimum absolute atomic E-state index is 0.100. The van der Waals surface area contributed by atoms with E-state index in [0.717, 1.165) is 16.8 Å². The minimum atomic E-state index is -3.66. The number of carbonyl (C=O) groups excluding carboxylic acids is 1. The van der Waals surface area contributed by atoms with E-state index in [0.29, 0.717) is 5.56 Å². The van der Waals surface area contributed by atoms with Gasteiger partial charge < -0.3 is 10.1 Å². The molecular weight excluding hydrogens is 352 g/mol.